The van der Waals surface area contributed by atoms with Gasteiger partial charge in [0, 0.05) is 6.61 Å². The molecule has 0 rings (SSSR count). The number of hydrogen-bond donors (Lipinski definition) is 1. The van der Waals surface area contributed by atoms with Gasteiger partial charge >= 0.3 is 0 Å². The molecule has 0 aromatic rings. The van der Waals surface area contributed by atoms with Gasteiger partial charge in [0.25, 0.3) is 0 Å². The maximum absolute atomic E-state index is 5.28. The number of rotatable bonds is 4. The van der Waals surface area contributed by atoms with Gasteiger partial charge in [-0.1, -0.05) is 0 Å². The third kappa shape index (κ3) is 4.09. The lowest BCUT2D eigenvalue weighted by Gasteiger charge is -2.07. The molecule has 1 unspecified atom stereocenters. The minimum Gasteiger partial charge on any atom is -0.379 e. The summed E-state index contributed by atoms with van der Waals surface area (Å²) in [5, 5.41) is 0. The summed E-state index contributed by atoms with van der Waals surface area (Å²) in [6, 6.07) is 0. The lowest BCUT2D eigenvalue weighted by Crippen LogP contribution is -2.13. The first-order valence-corrected chi connectivity index (χ1v) is 3.13. The van der Waals surface area contributed by atoms with E-state index >= 15 is 0 Å². The van der Waals surface area contributed by atoms with Gasteiger partial charge in [-0.3, -0.25) is 0 Å². The Hall–Kier alpha value is -0.0800. The molecule has 0 aliphatic carbocycles. The summed E-state index contributed by atoms with van der Waals surface area (Å²) in [6.45, 7) is 5.55. The molecule has 2 nitrogen and oxygen atoms in total. The van der Waals surface area contributed by atoms with Crippen molar-refractivity contribution in [3.63, 3.8) is 0 Å². The predicted molar refractivity (Wildman–Crippen MR) is 34.8 cm³/mol. The zero-order valence-corrected chi connectivity index (χ0v) is 5.68. The minimum atomic E-state index is 0.338. The first-order valence-electron chi connectivity index (χ1n) is 3.13. The van der Waals surface area contributed by atoms with Crippen LogP contribution in [0.5, 0.6) is 0 Å². The van der Waals surface area contributed by atoms with Crippen molar-refractivity contribution in [2.45, 2.75) is 26.4 Å². The summed E-state index contributed by atoms with van der Waals surface area (Å²) < 4.78 is 5.20. The summed E-state index contributed by atoms with van der Waals surface area (Å²) in [7, 11) is 0. The highest BCUT2D eigenvalue weighted by Gasteiger charge is 1.95. The fourth-order valence-electron chi connectivity index (χ4n) is 0.603. The van der Waals surface area contributed by atoms with Crippen molar-refractivity contribution in [3.8, 4) is 0 Å². The molecule has 0 saturated heterocycles. The van der Waals surface area contributed by atoms with E-state index in [-0.39, 0.29) is 0 Å². The van der Waals surface area contributed by atoms with E-state index in [1.807, 2.05) is 13.8 Å². The van der Waals surface area contributed by atoms with Gasteiger partial charge in [0.15, 0.2) is 0 Å². The second-order valence-electron chi connectivity index (χ2n) is 1.84. The van der Waals surface area contributed by atoms with Crippen molar-refractivity contribution in [2.75, 3.05) is 13.2 Å². The van der Waals surface area contributed by atoms with Crippen LogP contribution >= 0.6 is 0 Å². The molecular formula is C6H15NO. The van der Waals surface area contributed by atoms with Crippen molar-refractivity contribution >= 4 is 0 Å². The molecule has 8 heavy (non-hydrogen) atoms. The molecule has 0 aromatic heterocycles. The Labute approximate surface area is 51.0 Å². The standard InChI is InChI=1S/C6H15NO/c1-3-8-6(2)4-5-7/h6H,3-5,7H2,1-2H3. The van der Waals surface area contributed by atoms with E-state index in [0.717, 1.165) is 19.6 Å². The van der Waals surface area contributed by atoms with Crippen LogP contribution in [0.3, 0.4) is 0 Å². The number of nitrogens with two attached hydrogens (primary N) is 1. The maximum atomic E-state index is 5.28. The number of ether oxygens (including phenoxy) is 1. The first kappa shape index (κ1) is 7.92. The molecule has 2 heteroatoms. The summed E-state index contributed by atoms with van der Waals surface area (Å²) >= 11 is 0. The second-order valence-corrected chi connectivity index (χ2v) is 1.84. The quantitative estimate of drug-likeness (QED) is 0.590. The van der Waals surface area contributed by atoms with Crippen LogP contribution < -0.4 is 5.73 Å². The molecule has 0 bridgehead atoms. The summed E-state index contributed by atoms with van der Waals surface area (Å²) in [5.41, 5.74) is 5.28. The molecule has 0 amide bonds. The smallest absolute Gasteiger partial charge is 0.0558 e. The zero-order chi connectivity index (χ0) is 6.41. The highest BCUT2D eigenvalue weighted by Crippen LogP contribution is 1.92. The number of hydrogen-bond acceptors (Lipinski definition) is 2. The Bertz CT molecular complexity index is 41.8. The van der Waals surface area contributed by atoms with Gasteiger partial charge in [-0.25, -0.2) is 0 Å². The summed E-state index contributed by atoms with van der Waals surface area (Å²) in [4.78, 5) is 0. The molecule has 0 fully saturated rings. The molecule has 2 N–H and O–H groups in total. The van der Waals surface area contributed by atoms with Gasteiger partial charge in [-0.05, 0) is 26.8 Å². The highest BCUT2D eigenvalue weighted by molar-refractivity contribution is 4.48. The van der Waals surface area contributed by atoms with E-state index in [1.165, 1.54) is 0 Å². The van der Waals surface area contributed by atoms with Crippen molar-refractivity contribution in [1.29, 1.82) is 0 Å². The summed E-state index contributed by atoms with van der Waals surface area (Å²) in [6.07, 6.45) is 1.30. The van der Waals surface area contributed by atoms with E-state index in [1.54, 1.807) is 0 Å². The van der Waals surface area contributed by atoms with E-state index in [9.17, 15) is 0 Å². The van der Waals surface area contributed by atoms with Crippen molar-refractivity contribution in [1.82, 2.24) is 0 Å². The average Bonchev–Trinajstić information content (AvgIpc) is 1.68. The third-order valence-electron chi connectivity index (χ3n) is 1.02. The van der Waals surface area contributed by atoms with E-state index in [0.29, 0.717) is 6.10 Å². The topological polar surface area (TPSA) is 35.2 Å². The van der Waals surface area contributed by atoms with Crippen LogP contribution in [0, 0.1) is 0 Å². The van der Waals surface area contributed by atoms with Gasteiger partial charge in [0.05, 0.1) is 6.10 Å². The summed E-state index contributed by atoms with van der Waals surface area (Å²) in [5.74, 6) is 0. The average molecular weight is 117 g/mol. The molecule has 0 spiro atoms. The fourth-order valence-corrected chi connectivity index (χ4v) is 0.603. The Morgan fingerprint density at radius 2 is 2.25 bits per heavy atom. The largest absolute Gasteiger partial charge is 0.379 e. The Kier molecular flexibility index (Phi) is 5.01. The second kappa shape index (κ2) is 5.06. The Balaban J connectivity index is 2.92. The van der Waals surface area contributed by atoms with E-state index < -0.39 is 0 Å². The van der Waals surface area contributed by atoms with Crippen LogP contribution in [0.1, 0.15) is 20.3 Å². The highest BCUT2D eigenvalue weighted by atomic mass is 16.5. The molecular weight excluding hydrogens is 102 g/mol. The molecule has 50 valence electrons. The van der Waals surface area contributed by atoms with Gasteiger partial charge in [-0.2, -0.15) is 0 Å². The maximum Gasteiger partial charge on any atom is 0.0558 e. The van der Waals surface area contributed by atoms with Gasteiger partial charge in [-0.15, -0.1) is 0 Å². The van der Waals surface area contributed by atoms with E-state index in [2.05, 4.69) is 0 Å². The van der Waals surface area contributed by atoms with Crippen LogP contribution in [0.25, 0.3) is 0 Å². The van der Waals surface area contributed by atoms with Crippen molar-refractivity contribution in [2.24, 2.45) is 5.73 Å². The third-order valence-corrected chi connectivity index (χ3v) is 1.02. The molecule has 0 radical (unpaired) electrons. The van der Waals surface area contributed by atoms with Gasteiger partial charge in [0.1, 0.15) is 0 Å². The SMILES string of the molecule is CCOC(C)CCN. The van der Waals surface area contributed by atoms with Gasteiger partial charge in [0.2, 0.25) is 0 Å². The first-order chi connectivity index (χ1) is 3.81. The lowest BCUT2D eigenvalue weighted by molar-refractivity contribution is 0.0721. The molecule has 0 aliphatic rings. The van der Waals surface area contributed by atoms with Gasteiger partial charge < -0.3 is 10.5 Å². The normalized spacial score (nSPS) is 13.9. The predicted octanol–water partition coefficient (Wildman–Crippen LogP) is 0.760. The van der Waals surface area contributed by atoms with Crippen LogP contribution in [0.2, 0.25) is 0 Å². The van der Waals surface area contributed by atoms with Crippen LogP contribution in [-0.2, 0) is 4.74 Å². The zero-order valence-electron chi connectivity index (χ0n) is 5.68. The molecule has 0 aliphatic heterocycles. The molecule has 0 heterocycles. The van der Waals surface area contributed by atoms with Crippen LogP contribution in [-0.4, -0.2) is 19.3 Å². The van der Waals surface area contributed by atoms with Crippen LogP contribution in [0.4, 0.5) is 0 Å². The van der Waals surface area contributed by atoms with Crippen molar-refractivity contribution < 1.29 is 4.74 Å². The van der Waals surface area contributed by atoms with Crippen LogP contribution in [0.15, 0.2) is 0 Å². The molecule has 0 aromatic carbocycles. The molecule has 0 saturated carbocycles. The molecule has 1 atom stereocenters. The lowest BCUT2D eigenvalue weighted by atomic mass is 10.3. The minimum absolute atomic E-state index is 0.338. The Morgan fingerprint density at radius 3 is 2.62 bits per heavy atom. The monoisotopic (exact) mass is 117 g/mol. The van der Waals surface area contributed by atoms with Crippen molar-refractivity contribution in [3.05, 3.63) is 0 Å². The Morgan fingerprint density at radius 1 is 1.62 bits per heavy atom. The fraction of sp³-hybridized carbons (Fsp3) is 1.00. The van der Waals surface area contributed by atoms with E-state index in [4.69, 9.17) is 10.5 Å².